The van der Waals surface area contributed by atoms with Crippen LogP contribution in [0.2, 0.25) is 5.02 Å². The van der Waals surface area contributed by atoms with Crippen LogP contribution >= 0.6 is 11.6 Å². The van der Waals surface area contributed by atoms with Crippen LogP contribution in [0.3, 0.4) is 0 Å². The third kappa shape index (κ3) is 1.70. The van der Waals surface area contributed by atoms with Crippen LogP contribution in [0.15, 0.2) is 22.7 Å². The molecular formula is C11H10ClN3O. The topological polar surface area (TPSA) is 51.0 Å². The van der Waals surface area contributed by atoms with Crippen molar-refractivity contribution in [3.05, 3.63) is 34.8 Å². The van der Waals surface area contributed by atoms with Crippen molar-refractivity contribution in [2.24, 2.45) is 0 Å². The molecule has 3 rings (SSSR count). The second-order valence-corrected chi connectivity index (χ2v) is 4.11. The third-order valence-corrected chi connectivity index (χ3v) is 2.77. The van der Waals surface area contributed by atoms with E-state index >= 15 is 0 Å². The molecule has 0 saturated carbocycles. The molecule has 5 heteroatoms. The maximum atomic E-state index is 5.78. The van der Waals surface area contributed by atoms with Gasteiger partial charge in [-0.05, 0) is 12.1 Å². The molecule has 0 atom stereocenters. The molecule has 1 N–H and O–H groups in total. The van der Waals surface area contributed by atoms with E-state index in [1.54, 1.807) is 12.3 Å². The first-order valence-corrected chi connectivity index (χ1v) is 5.52. The second kappa shape index (κ2) is 3.88. The van der Waals surface area contributed by atoms with Crippen molar-refractivity contribution in [1.82, 2.24) is 15.3 Å². The van der Waals surface area contributed by atoms with E-state index < -0.39 is 0 Å². The Morgan fingerprint density at radius 1 is 1.38 bits per heavy atom. The van der Waals surface area contributed by atoms with Gasteiger partial charge in [0.25, 0.3) is 0 Å². The van der Waals surface area contributed by atoms with Crippen LogP contribution in [0.4, 0.5) is 0 Å². The molecule has 0 spiro atoms. The van der Waals surface area contributed by atoms with Crippen LogP contribution in [-0.2, 0) is 13.0 Å². The van der Waals surface area contributed by atoms with Crippen molar-refractivity contribution >= 4 is 11.6 Å². The molecule has 16 heavy (non-hydrogen) atoms. The predicted octanol–water partition coefficient (Wildman–Crippen LogP) is 2.04. The molecule has 2 aromatic rings. The number of fused-ring (bicyclic) bond motifs is 1. The van der Waals surface area contributed by atoms with Gasteiger partial charge >= 0.3 is 0 Å². The molecule has 82 valence electrons. The van der Waals surface area contributed by atoms with Crippen LogP contribution in [-0.4, -0.2) is 16.5 Å². The lowest BCUT2D eigenvalue weighted by atomic mass is 10.2. The summed E-state index contributed by atoms with van der Waals surface area (Å²) in [4.78, 5) is 8.60. The SMILES string of the molecule is Clc1ccc(-c2nc3c(o2)CCNC3)nc1. The number of nitrogens with one attached hydrogen (secondary N) is 1. The minimum atomic E-state index is 0.574. The van der Waals surface area contributed by atoms with E-state index in [-0.39, 0.29) is 0 Å². The first kappa shape index (κ1) is 9.81. The van der Waals surface area contributed by atoms with E-state index in [0.29, 0.717) is 10.9 Å². The van der Waals surface area contributed by atoms with Gasteiger partial charge in [-0.3, -0.25) is 0 Å². The third-order valence-electron chi connectivity index (χ3n) is 2.55. The van der Waals surface area contributed by atoms with Crippen LogP contribution in [0.25, 0.3) is 11.6 Å². The molecule has 0 amide bonds. The van der Waals surface area contributed by atoms with Crippen LogP contribution < -0.4 is 5.32 Å². The molecule has 0 aliphatic carbocycles. The normalized spacial score (nSPS) is 14.8. The van der Waals surface area contributed by atoms with Crippen LogP contribution in [0.1, 0.15) is 11.5 Å². The van der Waals surface area contributed by atoms with Gasteiger partial charge in [0.1, 0.15) is 11.5 Å². The van der Waals surface area contributed by atoms with Gasteiger partial charge in [-0.2, -0.15) is 0 Å². The fraction of sp³-hybridized carbons (Fsp3) is 0.273. The van der Waals surface area contributed by atoms with Crippen LogP contribution in [0.5, 0.6) is 0 Å². The van der Waals surface area contributed by atoms with Crippen LogP contribution in [0, 0.1) is 0 Å². The molecule has 0 radical (unpaired) electrons. The number of halogens is 1. The zero-order valence-corrected chi connectivity index (χ0v) is 9.29. The standard InChI is InChI=1S/C11H10ClN3O/c12-7-1-2-8(14-5-7)11-15-9-6-13-4-3-10(9)16-11/h1-2,5,13H,3-4,6H2. The highest BCUT2D eigenvalue weighted by Crippen LogP contribution is 2.23. The van der Waals surface area contributed by atoms with Gasteiger partial charge in [0.2, 0.25) is 5.89 Å². The summed E-state index contributed by atoms with van der Waals surface area (Å²) >= 11 is 5.78. The smallest absolute Gasteiger partial charge is 0.245 e. The van der Waals surface area contributed by atoms with Crippen molar-refractivity contribution in [3.63, 3.8) is 0 Å². The van der Waals surface area contributed by atoms with E-state index in [4.69, 9.17) is 16.0 Å². The van der Waals surface area contributed by atoms with Gasteiger partial charge in [-0.25, -0.2) is 9.97 Å². The number of pyridine rings is 1. The Balaban J connectivity index is 2.00. The summed E-state index contributed by atoms with van der Waals surface area (Å²) < 4.78 is 5.68. The van der Waals surface area contributed by atoms with Gasteiger partial charge in [-0.15, -0.1) is 0 Å². The molecule has 0 aromatic carbocycles. The summed E-state index contributed by atoms with van der Waals surface area (Å²) in [6, 6.07) is 3.60. The highest BCUT2D eigenvalue weighted by Gasteiger charge is 2.17. The maximum absolute atomic E-state index is 5.78. The van der Waals surface area contributed by atoms with Crippen molar-refractivity contribution in [2.45, 2.75) is 13.0 Å². The molecule has 1 aliphatic heterocycles. The Bertz CT molecular complexity index is 483. The molecule has 0 saturated heterocycles. The molecule has 2 aromatic heterocycles. The lowest BCUT2D eigenvalue weighted by molar-refractivity contribution is 0.482. The van der Waals surface area contributed by atoms with E-state index in [1.165, 1.54) is 0 Å². The number of nitrogens with zero attached hydrogens (tertiary/aromatic N) is 2. The highest BCUT2D eigenvalue weighted by molar-refractivity contribution is 6.30. The van der Waals surface area contributed by atoms with E-state index in [2.05, 4.69) is 15.3 Å². The number of rotatable bonds is 1. The van der Waals surface area contributed by atoms with Gasteiger partial charge in [0.05, 0.1) is 10.7 Å². The summed E-state index contributed by atoms with van der Waals surface area (Å²) in [5, 5.41) is 3.86. The molecule has 0 bridgehead atoms. The summed E-state index contributed by atoms with van der Waals surface area (Å²) in [5.74, 6) is 1.54. The molecule has 3 heterocycles. The minimum Gasteiger partial charge on any atom is -0.440 e. The molecule has 4 nitrogen and oxygen atoms in total. The fourth-order valence-electron chi connectivity index (χ4n) is 1.74. The Kier molecular flexibility index (Phi) is 2.38. The number of aromatic nitrogens is 2. The van der Waals surface area contributed by atoms with E-state index in [1.807, 2.05) is 6.07 Å². The molecule has 1 aliphatic rings. The number of hydrogen-bond acceptors (Lipinski definition) is 4. The Hall–Kier alpha value is -1.39. The second-order valence-electron chi connectivity index (χ2n) is 3.68. The van der Waals surface area contributed by atoms with E-state index in [9.17, 15) is 0 Å². The van der Waals surface area contributed by atoms with Crippen molar-refractivity contribution in [1.29, 1.82) is 0 Å². The molecule has 0 unspecified atom stereocenters. The first-order chi connectivity index (χ1) is 7.83. The molecule has 0 fully saturated rings. The van der Waals surface area contributed by atoms with Crippen molar-refractivity contribution in [3.8, 4) is 11.6 Å². The zero-order chi connectivity index (χ0) is 11.0. The minimum absolute atomic E-state index is 0.574. The first-order valence-electron chi connectivity index (χ1n) is 5.14. The Morgan fingerprint density at radius 2 is 2.31 bits per heavy atom. The maximum Gasteiger partial charge on any atom is 0.245 e. The van der Waals surface area contributed by atoms with Crippen molar-refractivity contribution < 1.29 is 4.42 Å². The average Bonchev–Trinajstić information content (AvgIpc) is 2.73. The zero-order valence-electron chi connectivity index (χ0n) is 8.53. The summed E-state index contributed by atoms with van der Waals surface area (Å²) in [6.45, 7) is 1.71. The molecular weight excluding hydrogens is 226 g/mol. The summed E-state index contributed by atoms with van der Waals surface area (Å²) in [5.41, 5.74) is 1.71. The Labute approximate surface area is 97.7 Å². The van der Waals surface area contributed by atoms with Gasteiger partial charge in [0.15, 0.2) is 0 Å². The largest absolute Gasteiger partial charge is 0.440 e. The van der Waals surface area contributed by atoms with Gasteiger partial charge in [0, 0.05) is 25.7 Å². The lowest BCUT2D eigenvalue weighted by Crippen LogP contribution is -2.22. The van der Waals surface area contributed by atoms with E-state index in [0.717, 1.165) is 36.7 Å². The number of oxazole rings is 1. The van der Waals surface area contributed by atoms with Gasteiger partial charge in [-0.1, -0.05) is 11.6 Å². The number of hydrogen-bond donors (Lipinski definition) is 1. The lowest BCUT2D eigenvalue weighted by Gasteiger charge is -2.07. The Morgan fingerprint density at radius 3 is 3.06 bits per heavy atom. The van der Waals surface area contributed by atoms with Gasteiger partial charge < -0.3 is 9.73 Å². The highest BCUT2D eigenvalue weighted by atomic mass is 35.5. The fourth-order valence-corrected chi connectivity index (χ4v) is 1.85. The summed E-state index contributed by atoms with van der Waals surface area (Å²) in [6.07, 6.45) is 2.48. The predicted molar refractivity (Wildman–Crippen MR) is 60.2 cm³/mol. The summed E-state index contributed by atoms with van der Waals surface area (Å²) in [7, 11) is 0. The quantitative estimate of drug-likeness (QED) is 0.822. The monoisotopic (exact) mass is 235 g/mol. The average molecular weight is 236 g/mol. The van der Waals surface area contributed by atoms with Crippen molar-refractivity contribution in [2.75, 3.05) is 6.54 Å².